The van der Waals surface area contributed by atoms with Crippen molar-refractivity contribution in [2.24, 2.45) is 0 Å². The van der Waals surface area contributed by atoms with E-state index in [0.29, 0.717) is 0 Å². The molecule has 0 atom stereocenters. The third kappa shape index (κ3) is 2.52. The Balaban J connectivity index is 2.25. The van der Waals surface area contributed by atoms with Crippen LogP contribution in [0.1, 0.15) is 39.2 Å². The van der Waals surface area contributed by atoms with Crippen molar-refractivity contribution < 1.29 is 0 Å². The van der Waals surface area contributed by atoms with Crippen LogP contribution in [0, 0.1) is 0 Å². The molecule has 0 heteroatoms. The minimum absolute atomic E-state index is 0.175. The van der Waals surface area contributed by atoms with Crippen LogP contribution < -0.4 is 0 Å². The lowest BCUT2D eigenvalue weighted by atomic mass is 9.72. The second-order valence-electron chi connectivity index (χ2n) is 7.47. The van der Waals surface area contributed by atoms with Crippen LogP contribution in [0.3, 0.4) is 0 Å². The molecule has 0 spiro atoms. The lowest BCUT2D eigenvalue weighted by molar-refractivity contribution is 0.446. The Kier molecular flexibility index (Phi) is 4.28. The summed E-state index contributed by atoms with van der Waals surface area (Å²) in [5.74, 6) is 0. The van der Waals surface area contributed by atoms with Gasteiger partial charge in [-0.15, -0.1) is 0 Å². The molecule has 0 bridgehead atoms. The standard InChI is InChI=1S/C26H26/c1-4-26(3,5-2)25-22-17-11-9-15-20(22)24(19-13-7-6-8-14-19)21-16-10-12-18-23(21)25/h6-18H,4-5H2,1-3H3. The molecule has 130 valence electrons. The van der Waals surface area contributed by atoms with Gasteiger partial charge in [0, 0.05) is 0 Å². The van der Waals surface area contributed by atoms with E-state index in [2.05, 4.69) is 99.6 Å². The van der Waals surface area contributed by atoms with Crippen molar-refractivity contribution in [2.45, 2.75) is 39.0 Å². The highest BCUT2D eigenvalue weighted by molar-refractivity contribution is 6.15. The summed E-state index contributed by atoms with van der Waals surface area (Å²) >= 11 is 0. The van der Waals surface area contributed by atoms with Gasteiger partial charge in [0.2, 0.25) is 0 Å². The first-order valence-electron chi connectivity index (χ1n) is 9.69. The fourth-order valence-corrected chi connectivity index (χ4v) is 4.30. The van der Waals surface area contributed by atoms with Crippen molar-refractivity contribution in [1.29, 1.82) is 0 Å². The second kappa shape index (κ2) is 6.61. The molecule has 4 rings (SSSR count). The zero-order chi connectivity index (χ0) is 18.1. The molecule has 0 radical (unpaired) electrons. The zero-order valence-electron chi connectivity index (χ0n) is 15.9. The van der Waals surface area contributed by atoms with Crippen molar-refractivity contribution in [3.63, 3.8) is 0 Å². The molecule has 0 nitrogen and oxygen atoms in total. The van der Waals surface area contributed by atoms with Gasteiger partial charge in [-0.05, 0) is 56.5 Å². The number of rotatable bonds is 4. The zero-order valence-corrected chi connectivity index (χ0v) is 15.9. The number of hydrogen-bond donors (Lipinski definition) is 0. The van der Waals surface area contributed by atoms with E-state index >= 15 is 0 Å². The Morgan fingerprint density at radius 3 is 1.46 bits per heavy atom. The molecule has 0 fully saturated rings. The second-order valence-corrected chi connectivity index (χ2v) is 7.47. The first kappa shape index (κ1) is 16.8. The topological polar surface area (TPSA) is 0 Å². The van der Waals surface area contributed by atoms with E-state index in [1.54, 1.807) is 0 Å². The van der Waals surface area contributed by atoms with Gasteiger partial charge in [0.15, 0.2) is 0 Å². The van der Waals surface area contributed by atoms with Crippen molar-refractivity contribution in [3.05, 3.63) is 84.4 Å². The van der Waals surface area contributed by atoms with Crippen LogP contribution in [0.15, 0.2) is 78.9 Å². The molecule has 0 aromatic heterocycles. The summed E-state index contributed by atoms with van der Waals surface area (Å²) < 4.78 is 0. The number of benzene rings is 4. The highest BCUT2D eigenvalue weighted by Crippen LogP contribution is 2.45. The van der Waals surface area contributed by atoms with E-state index in [1.165, 1.54) is 38.2 Å². The van der Waals surface area contributed by atoms with Gasteiger partial charge >= 0.3 is 0 Å². The quantitative estimate of drug-likeness (QED) is 0.334. The van der Waals surface area contributed by atoms with Gasteiger partial charge < -0.3 is 0 Å². The Hall–Kier alpha value is -2.60. The first-order chi connectivity index (χ1) is 12.7. The van der Waals surface area contributed by atoms with Crippen LogP contribution in [-0.2, 0) is 5.41 Å². The predicted molar refractivity (Wildman–Crippen MR) is 115 cm³/mol. The lowest BCUT2D eigenvalue weighted by Gasteiger charge is -2.31. The van der Waals surface area contributed by atoms with Crippen LogP contribution >= 0.6 is 0 Å². The SMILES string of the molecule is CCC(C)(CC)c1c2ccccc2c(-c2ccccc2)c2ccccc12. The van der Waals surface area contributed by atoms with Crippen LogP contribution in [0.5, 0.6) is 0 Å². The Bertz CT molecular complexity index is 996. The average molecular weight is 338 g/mol. The molecule has 0 unspecified atom stereocenters. The molecule has 0 saturated heterocycles. The molecule has 0 aliphatic carbocycles. The van der Waals surface area contributed by atoms with Gasteiger partial charge in [-0.25, -0.2) is 0 Å². The van der Waals surface area contributed by atoms with E-state index in [4.69, 9.17) is 0 Å². The average Bonchev–Trinajstić information content (AvgIpc) is 2.72. The summed E-state index contributed by atoms with van der Waals surface area (Å²) in [6, 6.07) is 28.7. The van der Waals surface area contributed by atoms with E-state index in [1.807, 2.05) is 0 Å². The fraction of sp³-hybridized carbons (Fsp3) is 0.231. The third-order valence-electron chi connectivity index (χ3n) is 6.16. The maximum atomic E-state index is 2.42. The van der Waals surface area contributed by atoms with E-state index in [9.17, 15) is 0 Å². The highest BCUT2D eigenvalue weighted by Gasteiger charge is 2.28. The van der Waals surface area contributed by atoms with Crippen LogP contribution in [0.4, 0.5) is 0 Å². The molecule has 26 heavy (non-hydrogen) atoms. The summed E-state index contributed by atoms with van der Waals surface area (Å²) in [5, 5.41) is 5.52. The maximum Gasteiger partial charge on any atom is -0.00266 e. The summed E-state index contributed by atoms with van der Waals surface area (Å²) in [6.45, 7) is 7.06. The van der Waals surface area contributed by atoms with Gasteiger partial charge in [-0.1, -0.05) is 99.6 Å². The Morgan fingerprint density at radius 1 is 0.577 bits per heavy atom. The monoisotopic (exact) mass is 338 g/mol. The van der Waals surface area contributed by atoms with Crippen molar-refractivity contribution in [3.8, 4) is 11.1 Å². The summed E-state index contributed by atoms with van der Waals surface area (Å²) in [6.07, 6.45) is 2.28. The first-order valence-corrected chi connectivity index (χ1v) is 9.69. The van der Waals surface area contributed by atoms with Crippen molar-refractivity contribution in [2.75, 3.05) is 0 Å². The molecule has 0 amide bonds. The normalized spacial score (nSPS) is 12.0. The minimum atomic E-state index is 0.175. The summed E-state index contributed by atoms with van der Waals surface area (Å²) in [7, 11) is 0. The largest absolute Gasteiger partial charge is 0.0645 e. The maximum absolute atomic E-state index is 2.42. The molecule has 4 aromatic rings. The predicted octanol–water partition coefficient (Wildman–Crippen LogP) is 7.74. The summed E-state index contributed by atoms with van der Waals surface area (Å²) in [5.41, 5.74) is 4.33. The van der Waals surface area contributed by atoms with Gasteiger partial charge in [0.25, 0.3) is 0 Å². The van der Waals surface area contributed by atoms with Crippen LogP contribution in [-0.4, -0.2) is 0 Å². The minimum Gasteiger partial charge on any atom is -0.0645 e. The van der Waals surface area contributed by atoms with Gasteiger partial charge in [0.05, 0.1) is 0 Å². The van der Waals surface area contributed by atoms with Crippen molar-refractivity contribution >= 4 is 21.5 Å². The van der Waals surface area contributed by atoms with E-state index < -0.39 is 0 Å². The van der Waals surface area contributed by atoms with Gasteiger partial charge in [-0.3, -0.25) is 0 Å². The van der Waals surface area contributed by atoms with E-state index in [-0.39, 0.29) is 5.41 Å². The molecular formula is C26H26. The van der Waals surface area contributed by atoms with E-state index in [0.717, 1.165) is 12.8 Å². The van der Waals surface area contributed by atoms with Gasteiger partial charge in [0.1, 0.15) is 0 Å². The molecule has 0 saturated carbocycles. The number of fused-ring (bicyclic) bond motifs is 2. The molecule has 0 aliphatic heterocycles. The lowest BCUT2D eigenvalue weighted by Crippen LogP contribution is -2.20. The molecule has 0 aliphatic rings. The molecule has 4 aromatic carbocycles. The molecule has 0 N–H and O–H groups in total. The van der Waals surface area contributed by atoms with Crippen LogP contribution in [0.25, 0.3) is 32.7 Å². The van der Waals surface area contributed by atoms with Crippen LogP contribution in [0.2, 0.25) is 0 Å². The smallest absolute Gasteiger partial charge is 0.00266 e. The van der Waals surface area contributed by atoms with Crippen molar-refractivity contribution in [1.82, 2.24) is 0 Å². The fourth-order valence-electron chi connectivity index (χ4n) is 4.30. The Labute approximate surface area is 156 Å². The third-order valence-corrected chi connectivity index (χ3v) is 6.16. The highest BCUT2D eigenvalue weighted by atomic mass is 14.3. The number of hydrogen-bond acceptors (Lipinski definition) is 0. The molecular weight excluding hydrogens is 312 g/mol. The Morgan fingerprint density at radius 2 is 1.00 bits per heavy atom. The molecule has 0 heterocycles. The summed E-state index contributed by atoms with van der Waals surface area (Å²) in [4.78, 5) is 0. The van der Waals surface area contributed by atoms with Gasteiger partial charge in [-0.2, -0.15) is 0 Å².